The van der Waals surface area contributed by atoms with Crippen molar-refractivity contribution in [3.63, 3.8) is 0 Å². The van der Waals surface area contributed by atoms with Gasteiger partial charge in [0.15, 0.2) is 5.54 Å². The Morgan fingerprint density at radius 1 is 1.20 bits per heavy atom. The van der Waals surface area contributed by atoms with Crippen LogP contribution in [0.2, 0.25) is 0 Å². The number of amides is 2. The molecule has 184 valence electrons. The molecule has 2 aromatic rings. The van der Waals surface area contributed by atoms with Gasteiger partial charge in [-0.05, 0) is 64.3 Å². The van der Waals surface area contributed by atoms with Gasteiger partial charge < -0.3 is 24.7 Å². The fourth-order valence-corrected chi connectivity index (χ4v) is 7.92. The van der Waals surface area contributed by atoms with Crippen LogP contribution in [0, 0.1) is 5.92 Å². The zero-order valence-corrected chi connectivity index (χ0v) is 21.1. The van der Waals surface area contributed by atoms with E-state index in [2.05, 4.69) is 42.4 Å². The summed E-state index contributed by atoms with van der Waals surface area (Å²) in [7, 11) is 0. The standard InChI is InChI=1S/C28H33N3O4/c1-6-34-22-19-16-8-9-17-15(10-12-25(2,3)35-17)20(16)29-21(19)26(4,5)18-14-27-11-7-13-31(27)24(33)28(18,22)30-23(27)32/h8-10,12,18,22,29H,6-7,11,13-14H2,1-5H3,(H,30,32). The Morgan fingerprint density at radius 3 is 2.77 bits per heavy atom. The van der Waals surface area contributed by atoms with Crippen molar-refractivity contribution >= 4 is 28.8 Å². The molecule has 6 aliphatic rings. The number of ether oxygens (including phenoxy) is 2. The van der Waals surface area contributed by atoms with Crippen LogP contribution in [0.3, 0.4) is 0 Å². The summed E-state index contributed by atoms with van der Waals surface area (Å²) in [6.07, 6.45) is 5.92. The van der Waals surface area contributed by atoms with Gasteiger partial charge in [-0.1, -0.05) is 13.8 Å². The maximum atomic E-state index is 14.3. The third kappa shape index (κ3) is 2.31. The lowest BCUT2D eigenvalue weighted by Crippen LogP contribution is -2.85. The number of piperidine rings is 2. The number of hydrogen-bond acceptors (Lipinski definition) is 4. The molecule has 2 bridgehead atoms. The molecule has 4 unspecified atom stereocenters. The van der Waals surface area contributed by atoms with Gasteiger partial charge in [-0.25, -0.2) is 0 Å². The van der Waals surface area contributed by atoms with Gasteiger partial charge >= 0.3 is 0 Å². The normalized spacial score (nSPS) is 35.3. The predicted molar refractivity (Wildman–Crippen MR) is 132 cm³/mol. The van der Waals surface area contributed by atoms with Crippen LogP contribution in [-0.2, 0) is 19.7 Å². The van der Waals surface area contributed by atoms with E-state index in [9.17, 15) is 9.59 Å². The molecule has 7 heteroatoms. The van der Waals surface area contributed by atoms with Gasteiger partial charge in [0.1, 0.15) is 23.0 Å². The maximum absolute atomic E-state index is 14.3. The maximum Gasteiger partial charge on any atom is 0.252 e. The van der Waals surface area contributed by atoms with Gasteiger partial charge in [0.2, 0.25) is 5.91 Å². The number of carbonyl (C=O) groups excluding carboxylic acids is 2. The molecule has 6 heterocycles. The van der Waals surface area contributed by atoms with Crippen molar-refractivity contribution in [1.82, 2.24) is 15.2 Å². The lowest BCUT2D eigenvalue weighted by Gasteiger charge is -2.65. The van der Waals surface area contributed by atoms with Crippen LogP contribution in [-0.4, -0.2) is 51.5 Å². The number of benzene rings is 1. The summed E-state index contributed by atoms with van der Waals surface area (Å²) in [4.78, 5) is 33.5. The van der Waals surface area contributed by atoms with Crippen molar-refractivity contribution in [2.75, 3.05) is 13.2 Å². The SMILES string of the molecule is CCOC1c2c([nH]c3c4c(ccc23)OC(C)(C)C=C4)C(C)(C)C2CC34CCCN3C(=O)C12NC4=O. The van der Waals surface area contributed by atoms with Crippen LogP contribution in [0.5, 0.6) is 5.75 Å². The second kappa shape index (κ2) is 6.30. The van der Waals surface area contributed by atoms with E-state index in [4.69, 9.17) is 9.47 Å². The summed E-state index contributed by atoms with van der Waals surface area (Å²) in [5, 5.41) is 4.32. The highest BCUT2D eigenvalue weighted by Crippen LogP contribution is 2.63. The Balaban J connectivity index is 1.52. The second-order valence-corrected chi connectivity index (χ2v) is 12.1. The number of aromatic nitrogens is 1. The molecule has 7 nitrogen and oxygen atoms in total. The van der Waals surface area contributed by atoms with E-state index >= 15 is 0 Å². The van der Waals surface area contributed by atoms with Crippen LogP contribution in [0.15, 0.2) is 18.2 Å². The number of nitrogens with zero attached hydrogens (tertiary/aromatic N) is 1. The highest BCUT2D eigenvalue weighted by Gasteiger charge is 2.76. The molecule has 35 heavy (non-hydrogen) atoms. The molecule has 5 aliphatic heterocycles. The molecule has 4 atom stereocenters. The van der Waals surface area contributed by atoms with Crippen LogP contribution < -0.4 is 10.1 Å². The Labute approximate surface area is 205 Å². The lowest BCUT2D eigenvalue weighted by atomic mass is 9.50. The van der Waals surface area contributed by atoms with Gasteiger partial charge in [-0.2, -0.15) is 0 Å². The Bertz CT molecular complexity index is 1350. The average Bonchev–Trinajstić information content (AvgIpc) is 3.40. The number of nitrogens with one attached hydrogen (secondary N) is 2. The molecule has 0 radical (unpaired) electrons. The number of H-pyrrole nitrogens is 1. The van der Waals surface area contributed by atoms with Gasteiger partial charge in [0, 0.05) is 46.7 Å². The topological polar surface area (TPSA) is 83.7 Å². The third-order valence-corrected chi connectivity index (χ3v) is 9.49. The minimum Gasteiger partial charge on any atom is -0.483 e. The summed E-state index contributed by atoms with van der Waals surface area (Å²) >= 11 is 0. The average molecular weight is 476 g/mol. The first kappa shape index (κ1) is 21.5. The summed E-state index contributed by atoms with van der Waals surface area (Å²) in [5.41, 5.74) is 1.54. The largest absolute Gasteiger partial charge is 0.483 e. The summed E-state index contributed by atoms with van der Waals surface area (Å²) in [6, 6.07) is 4.10. The molecule has 4 fully saturated rings. The fourth-order valence-electron chi connectivity index (χ4n) is 7.92. The van der Waals surface area contributed by atoms with Crippen molar-refractivity contribution in [2.45, 2.75) is 82.1 Å². The van der Waals surface area contributed by atoms with Crippen LogP contribution >= 0.6 is 0 Å². The zero-order chi connectivity index (χ0) is 24.5. The highest BCUT2D eigenvalue weighted by molar-refractivity contribution is 6.07. The summed E-state index contributed by atoms with van der Waals surface area (Å²) < 4.78 is 12.7. The number of hydrogen-bond donors (Lipinski definition) is 2. The second-order valence-electron chi connectivity index (χ2n) is 12.1. The molecule has 2 amide bonds. The summed E-state index contributed by atoms with van der Waals surface area (Å²) in [5.74, 6) is 0.786. The van der Waals surface area contributed by atoms with Crippen molar-refractivity contribution in [2.24, 2.45) is 5.92 Å². The first-order valence-electron chi connectivity index (χ1n) is 12.9. The minimum atomic E-state index is -1.10. The molecule has 2 spiro atoms. The van der Waals surface area contributed by atoms with E-state index in [0.29, 0.717) is 19.6 Å². The molecule has 2 N–H and O–H groups in total. The Kier molecular flexibility index (Phi) is 3.87. The zero-order valence-electron chi connectivity index (χ0n) is 21.1. The first-order chi connectivity index (χ1) is 16.6. The quantitative estimate of drug-likeness (QED) is 0.689. The number of piperazine rings is 1. The monoisotopic (exact) mass is 475 g/mol. The van der Waals surface area contributed by atoms with Crippen LogP contribution in [0.1, 0.15) is 76.8 Å². The smallest absolute Gasteiger partial charge is 0.252 e. The first-order valence-corrected chi connectivity index (χ1v) is 12.9. The number of rotatable bonds is 2. The summed E-state index contributed by atoms with van der Waals surface area (Å²) in [6.45, 7) is 11.6. The van der Waals surface area contributed by atoms with Gasteiger partial charge in [-0.15, -0.1) is 0 Å². The van der Waals surface area contributed by atoms with Crippen molar-refractivity contribution < 1.29 is 19.1 Å². The van der Waals surface area contributed by atoms with E-state index in [-0.39, 0.29) is 28.7 Å². The van der Waals surface area contributed by atoms with Crippen molar-refractivity contribution in [3.05, 3.63) is 35.0 Å². The van der Waals surface area contributed by atoms with Crippen molar-refractivity contribution in [1.29, 1.82) is 0 Å². The van der Waals surface area contributed by atoms with E-state index in [1.54, 1.807) is 0 Å². The Morgan fingerprint density at radius 2 is 2.00 bits per heavy atom. The van der Waals surface area contributed by atoms with Gasteiger partial charge in [-0.3, -0.25) is 9.59 Å². The van der Waals surface area contributed by atoms with Gasteiger partial charge in [0.25, 0.3) is 5.91 Å². The van der Waals surface area contributed by atoms with E-state index < -0.39 is 17.2 Å². The molecule has 0 saturated carbocycles. The molecule has 1 aromatic carbocycles. The molecule has 8 rings (SSSR count). The van der Waals surface area contributed by atoms with Crippen molar-refractivity contribution in [3.8, 4) is 5.75 Å². The van der Waals surface area contributed by atoms with Crippen LogP contribution in [0.25, 0.3) is 17.0 Å². The predicted octanol–water partition coefficient (Wildman–Crippen LogP) is 3.97. The number of fused-ring (bicyclic) bond motifs is 6. The molecule has 1 aliphatic carbocycles. The van der Waals surface area contributed by atoms with Gasteiger partial charge in [0.05, 0.1) is 5.52 Å². The molecule has 1 aromatic heterocycles. The molecular weight excluding hydrogens is 442 g/mol. The third-order valence-electron chi connectivity index (χ3n) is 9.49. The highest BCUT2D eigenvalue weighted by atomic mass is 16.5. The lowest BCUT2D eigenvalue weighted by molar-refractivity contribution is -0.195. The Hall–Kier alpha value is -2.80. The van der Waals surface area contributed by atoms with E-state index in [1.165, 1.54) is 0 Å². The molecule has 4 saturated heterocycles. The number of aromatic amines is 1. The van der Waals surface area contributed by atoms with E-state index in [1.807, 2.05) is 31.7 Å². The van der Waals surface area contributed by atoms with E-state index in [0.717, 1.165) is 46.3 Å². The molecular formula is C28H33N3O4. The van der Waals surface area contributed by atoms with Crippen LogP contribution in [0.4, 0.5) is 0 Å². The number of carbonyl (C=O) groups is 2. The fraction of sp³-hybridized carbons (Fsp3) is 0.571. The minimum absolute atomic E-state index is 0.00871.